The van der Waals surface area contributed by atoms with E-state index in [9.17, 15) is 0 Å². The number of H-pyrrole nitrogens is 1. The van der Waals surface area contributed by atoms with Gasteiger partial charge in [0, 0.05) is 36.1 Å². The van der Waals surface area contributed by atoms with E-state index in [1.54, 1.807) is 6.20 Å². The number of nitrogens with zero attached hydrogens (tertiary/aromatic N) is 5. The summed E-state index contributed by atoms with van der Waals surface area (Å²) in [5.74, 6) is 1.48. The standard InChI is InChI=1S/C23H25ClN8.HI/c1-2-25-23(26-14-17-5-3-6-19(13-17)22-28-16-29-31-22)27-15-21(32-12-4-11-30-32)18-7-9-20(24)10-8-18;/h3-13,16,21H,2,14-15H2,1H3,(H2,25,26,27)(H,28,29,31);1H. The first kappa shape index (κ1) is 24.7. The Morgan fingerprint density at radius 3 is 2.70 bits per heavy atom. The summed E-state index contributed by atoms with van der Waals surface area (Å²) >= 11 is 6.08. The van der Waals surface area contributed by atoms with Gasteiger partial charge in [-0.2, -0.15) is 10.2 Å². The Morgan fingerprint density at radius 1 is 1.15 bits per heavy atom. The molecule has 1 unspecified atom stereocenters. The first-order chi connectivity index (χ1) is 15.7. The molecule has 0 aliphatic heterocycles. The quantitative estimate of drug-likeness (QED) is 0.165. The Kier molecular flexibility index (Phi) is 9.25. The van der Waals surface area contributed by atoms with Gasteiger partial charge in [-0.25, -0.2) is 9.98 Å². The second-order valence-corrected chi connectivity index (χ2v) is 7.60. The number of benzene rings is 2. The van der Waals surface area contributed by atoms with Crippen LogP contribution in [-0.4, -0.2) is 44.0 Å². The highest BCUT2D eigenvalue weighted by atomic mass is 127. The molecule has 0 amide bonds. The van der Waals surface area contributed by atoms with E-state index in [1.807, 2.05) is 66.3 Å². The molecule has 10 heteroatoms. The third kappa shape index (κ3) is 6.78. The van der Waals surface area contributed by atoms with E-state index in [4.69, 9.17) is 16.6 Å². The fourth-order valence-electron chi connectivity index (χ4n) is 3.38. The lowest BCUT2D eigenvalue weighted by Crippen LogP contribution is -2.40. The summed E-state index contributed by atoms with van der Waals surface area (Å²) in [6.45, 7) is 3.96. The molecule has 4 rings (SSSR count). The Morgan fingerprint density at radius 2 is 2.00 bits per heavy atom. The molecule has 1 atom stereocenters. The topological polar surface area (TPSA) is 95.8 Å². The number of hydrogen-bond donors (Lipinski definition) is 3. The van der Waals surface area contributed by atoms with Crippen molar-refractivity contribution >= 4 is 41.5 Å². The summed E-state index contributed by atoms with van der Waals surface area (Å²) in [7, 11) is 0. The van der Waals surface area contributed by atoms with Crippen molar-refractivity contribution < 1.29 is 0 Å². The average Bonchev–Trinajstić information content (AvgIpc) is 3.54. The number of aromatic amines is 1. The van der Waals surface area contributed by atoms with Crippen molar-refractivity contribution in [1.82, 2.24) is 35.6 Å². The van der Waals surface area contributed by atoms with Gasteiger partial charge in [0.1, 0.15) is 6.33 Å². The van der Waals surface area contributed by atoms with Crippen LogP contribution in [0, 0.1) is 0 Å². The van der Waals surface area contributed by atoms with Crippen LogP contribution in [0.15, 0.2) is 78.3 Å². The molecular weight excluding hydrogens is 551 g/mol. The van der Waals surface area contributed by atoms with Crippen LogP contribution >= 0.6 is 35.6 Å². The molecule has 0 aliphatic rings. The third-order valence-electron chi connectivity index (χ3n) is 4.94. The fourth-order valence-corrected chi connectivity index (χ4v) is 3.51. The van der Waals surface area contributed by atoms with Crippen LogP contribution in [0.1, 0.15) is 24.1 Å². The first-order valence-electron chi connectivity index (χ1n) is 10.4. The van der Waals surface area contributed by atoms with Crippen molar-refractivity contribution in [2.45, 2.75) is 19.5 Å². The average molecular weight is 577 g/mol. The molecule has 3 N–H and O–H groups in total. The van der Waals surface area contributed by atoms with Gasteiger partial charge in [0.15, 0.2) is 11.8 Å². The monoisotopic (exact) mass is 576 g/mol. The zero-order valence-electron chi connectivity index (χ0n) is 18.1. The van der Waals surface area contributed by atoms with Gasteiger partial charge in [-0.05, 0) is 42.3 Å². The molecule has 0 bridgehead atoms. The van der Waals surface area contributed by atoms with Crippen LogP contribution in [-0.2, 0) is 6.54 Å². The van der Waals surface area contributed by atoms with E-state index in [1.165, 1.54) is 6.33 Å². The van der Waals surface area contributed by atoms with Crippen molar-refractivity contribution in [2.75, 3.05) is 13.1 Å². The number of nitrogens with one attached hydrogen (secondary N) is 3. The molecular formula is C23H26ClIN8. The molecule has 33 heavy (non-hydrogen) atoms. The summed E-state index contributed by atoms with van der Waals surface area (Å²) in [5.41, 5.74) is 3.17. The minimum absolute atomic E-state index is 0. The van der Waals surface area contributed by atoms with E-state index >= 15 is 0 Å². The number of halogens is 2. The zero-order chi connectivity index (χ0) is 22.2. The van der Waals surface area contributed by atoms with E-state index in [0.29, 0.717) is 18.1 Å². The van der Waals surface area contributed by atoms with Gasteiger partial charge in [-0.1, -0.05) is 41.9 Å². The normalized spacial score (nSPS) is 12.1. The molecule has 0 saturated carbocycles. The molecule has 2 heterocycles. The molecule has 0 spiro atoms. The zero-order valence-corrected chi connectivity index (χ0v) is 21.2. The maximum Gasteiger partial charge on any atom is 0.191 e. The Bertz CT molecular complexity index is 1130. The maximum atomic E-state index is 6.08. The molecule has 2 aromatic carbocycles. The SMILES string of the molecule is CCNC(=NCc1cccc(-c2ncn[nH]2)c1)NCC(c1ccc(Cl)cc1)n1cccn1.I. The summed E-state index contributed by atoms with van der Waals surface area (Å²) < 4.78 is 1.93. The van der Waals surface area contributed by atoms with Crippen LogP contribution in [0.25, 0.3) is 11.4 Å². The number of aliphatic imine (C=N–C) groups is 1. The Labute approximate surface area is 214 Å². The summed E-state index contributed by atoms with van der Waals surface area (Å²) in [6, 6.07) is 17.9. The molecule has 0 aliphatic carbocycles. The van der Waals surface area contributed by atoms with E-state index in [-0.39, 0.29) is 30.0 Å². The van der Waals surface area contributed by atoms with Crippen LogP contribution in [0.2, 0.25) is 5.02 Å². The molecule has 8 nitrogen and oxygen atoms in total. The fraction of sp³-hybridized carbons (Fsp3) is 0.217. The number of hydrogen-bond acceptors (Lipinski definition) is 4. The van der Waals surface area contributed by atoms with Crippen LogP contribution < -0.4 is 10.6 Å². The lowest BCUT2D eigenvalue weighted by molar-refractivity contribution is 0.511. The highest BCUT2D eigenvalue weighted by Gasteiger charge is 2.15. The molecule has 0 fully saturated rings. The predicted molar refractivity (Wildman–Crippen MR) is 142 cm³/mol. The van der Waals surface area contributed by atoms with Crippen LogP contribution in [0.4, 0.5) is 0 Å². The minimum atomic E-state index is 0. The summed E-state index contributed by atoms with van der Waals surface area (Å²) in [6.07, 6.45) is 5.24. The number of aromatic nitrogens is 5. The molecule has 0 saturated heterocycles. The Balaban J connectivity index is 0.00000306. The number of guanidine groups is 1. The minimum Gasteiger partial charge on any atom is -0.357 e. The van der Waals surface area contributed by atoms with E-state index < -0.39 is 0 Å². The molecule has 172 valence electrons. The predicted octanol–water partition coefficient (Wildman–Crippen LogP) is 4.28. The lowest BCUT2D eigenvalue weighted by atomic mass is 10.1. The highest BCUT2D eigenvalue weighted by molar-refractivity contribution is 14.0. The van der Waals surface area contributed by atoms with Crippen molar-refractivity contribution in [1.29, 1.82) is 0 Å². The smallest absolute Gasteiger partial charge is 0.191 e. The largest absolute Gasteiger partial charge is 0.357 e. The summed E-state index contributed by atoms with van der Waals surface area (Å²) in [4.78, 5) is 8.98. The second-order valence-electron chi connectivity index (χ2n) is 7.16. The van der Waals surface area contributed by atoms with Gasteiger partial charge in [0.2, 0.25) is 0 Å². The van der Waals surface area contributed by atoms with Gasteiger partial charge in [0.05, 0.1) is 12.6 Å². The summed E-state index contributed by atoms with van der Waals surface area (Å²) in [5, 5.41) is 18.7. The highest BCUT2D eigenvalue weighted by Crippen LogP contribution is 2.20. The maximum absolute atomic E-state index is 6.08. The van der Waals surface area contributed by atoms with Gasteiger partial charge in [0.25, 0.3) is 0 Å². The van der Waals surface area contributed by atoms with Gasteiger partial charge >= 0.3 is 0 Å². The van der Waals surface area contributed by atoms with Crippen molar-refractivity contribution in [3.8, 4) is 11.4 Å². The van der Waals surface area contributed by atoms with Crippen LogP contribution in [0.3, 0.4) is 0 Å². The van der Waals surface area contributed by atoms with E-state index in [0.717, 1.165) is 35.0 Å². The van der Waals surface area contributed by atoms with Gasteiger partial charge < -0.3 is 10.6 Å². The second kappa shape index (κ2) is 12.4. The van der Waals surface area contributed by atoms with Crippen molar-refractivity contribution in [2.24, 2.45) is 4.99 Å². The van der Waals surface area contributed by atoms with Crippen LogP contribution in [0.5, 0.6) is 0 Å². The number of rotatable bonds is 8. The third-order valence-corrected chi connectivity index (χ3v) is 5.19. The van der Waals surface area contributed by atoms with E-state index in [2.05, 4.69) is 37.0 Å². The van der Waals surface area contributed by atoms with Gasteiger partial charge in [-0.3, -0.25) is 9.78 Å². The first-order valence-corrected chi connectivity index (χ1v) is 10.8. The molecule has 4 aromatic rings. The molecule has 0 radical (unpaired) electrons. The Hall–Kier alpha value is -2.92. The molecule has 2 aromatic heterocycles. The van der Waals surface area contributed by atoms with Crippen molar-refractivity contribution in [3.63, 3.8) is 0 Å². The lowest BCUT2D eigenvalue weighted by Gasteiger charge is -2.20. The van der Waals surface area contributed by atoms with Gasteiger partial charge in [-0.15, -0.1) is 24.0 Å². The van der Waals surface area contributed by atoms with Crippen molar-refractivity contribution in [3.05, 3.63) is 89.5 Å².